The van der Waals surface area contributed by atoms with Crippen LogP contribution in [0.3, 0.4) is 0 Å². The predicted octanol–water partition coefficient (Wildman–Crippen LogP) is 3.06. The molecule has 1 fully saturated rings. The Morgan fingerprint density at radius 3 is 2.44 bits per heavy atom. The number of carbonyl (C=O) groups excluding carboxylic acids is 2. The Kier molecular flexibility index (Phi) is 5.79. The van der Waals surface area contributed by atoms with Crippen LogP contribution in [-0.2, 0) is 15.1 Å². The lowest BCUT2D eigenvalue weighted by atomic mass is 9.90. The van der Waals surface area contributed by atoms with Gasteiger partial charge in [-0.3, -0.25) is 9.59 Å². The Bertz CT molecular complexity index is 789. The fourth-order valence-electron chi connectivity index (χ4n) is 3.38. The number of aryl methyl sites for hydroxylation is 1. The minimum absolute atomic E-state index is 0.110. The van der Waals surface area contributed by atoms with Gasteiger partial charge >= 0.3 is 0 Å². The Labute approximate surface area is 160 Å². The summed E-state index contributed by atoms with van der Waals surface area (Å²) in [5.41, 5.74) is 2.03. The van der Waals surface area contributed by atoms with Crippen LogP contribution in [0.2, 0.25) is 0 Å². The zero-order valence-electron chi connectivity index (χ0n) is 16.0. The molecule has 1 saturated heterocycles. The van der Waals surface area contributed by atoms with Crippen LogP contribution < -0.4 is 10.6 Å². The van der Waals surface area contributed by atoms with Crippen molar-refractivity contribution in [2.24, 2.45) is 0 Å². The summed E-state index contributed by atoms with van der Waals surface area (Å²) in [5, 5.41) is 6.40. The van der Waals surface area contributed by atoms with Crippen molar-refractivity contribution in [1.29, 1.82) is 0 Å². The quantitative estimate of drug-likeness (QED) is 0.793. The molecule has 0 radical (unpaired) electrons. The van der Waals surface area contributed by atoms with Gasteiger partial charge in [0.25, 0.3) is 0 Å². The van der Waals surface area contributed by atoms with Gasteiger partial charge < -0.3 is 15.5 Å². The van der Waals surface area contributed by atoms with Gasteiger partial charge in [-0.1, -0.05) is 48.0 Å². The maximum atomic E-state index is 13.1. The van der Waals surface area contributed by atoms with Gasteiger partial charge in [0.2, 0.25) is 11.8 Å². The lowest BCUT2D eigenvalue weighted by Crippen LogP contribution is -2.49. The summed E-state index contributed by atoms with van der Waals surface area (Å²) in [4.78, 5) is 26.7. The number of rotatable bonds is 7. The van der Waals surface area contributed by atoms with Crippen LogP contribution in [0, 0.1) is 6.92 Å². The van der Waals surface area contributed by atoms with Crippen molar-refractivity contribution >= 4 is 17.5 Å². The number of hydrogen-bond acceptors (Lipinski definition) is 3. The fourth-order valence-corrected chi connectivity index (χ4v) is 3.38. The fraction of sp³-hybridized carbons (Fsp3) is 0.364. The summed E-state index contributed by atoms with van der Waals surface area (Å²) >= 11 is 0. The molecule has 1 aliphatic heterocycles. The van der Waals surface area contributed by atoms with E-state index in [1.54, 1.807) is 0 Å². The van der Waals surface area contributed by atoms with E-state index in [0.717, 1.165) is 24.2 Å². The molecule has 0 spiro atoms. The average molecular weight is 365 g/mol. The Balaban J connectivity index is 1.73. The smallest absolute Gasteiger partial charge is 0.250 e. The third kappa shape index (κ3) is 4.48. The number of nitrogens with one attached hydrogen (secondary N) is 2. The molecule has 0 aromatic heterocycles. The molecule has 0 saturated carbocycles. The highest BCUT2D eigenvalue weighted by Gasteiger charge is 2.35. The number of hydrogen-bond donors (Lipinski definition) is 2. The summed E-state index contributed by atoms with van der Waals surface area (Å²) in [6.45, 7) is 5.71. The van der Waals surface area contributed by atoms with E-state index in [4.69, 9.17) is 0 Å². The first-order chi connectivity index (χ1) is 13.0. The van der Waals surface area contributed by atoms with Crippen LogP contribution in [0.5, 0.6) is 0 Å². The SMILES string of the molecule is Cc1ccc(N[C@](C)(C(=O)NCCN2CCCC2=O)c2ccccc2)cc1. The summed E-state index contributed by atoms with van der Waals surface area (Å²) in [6, 6.07) is 17.7. The van der Waals surface area contributed by atoms with Gasteiger partial charge in [0.15, 0.2) is 0 Å². The van der Waals surface area contributed by atoms with Crippen LogP contribution in [0.4, 0.5) is 5.69 Å². The normalized spacial score (nSPS) is 16.1. The monoisotopic (exact) mass is 365 g/mol. The van der Waals surface area contributed by atoms with Crippen molar-refractivity contribution in [3.63, 3.8) is 0 Å². The third-order valence-corrected chi connectivity index (χ3v) is 5.09. The molecule has 142 valence electrons. The standard InChI is InChI=1S/C22H27N3O2/c1-17-10-12-19(13-11-17)24-22(2,18-7-4-3-5-8-18)21(27)23-14-16-25-15-6-9-20(25)26/h3-5,7-8,10-13,24H,6,9,14-16H2,1-2H3,(H,23,27)/t22-/m0/s1. The van der Waals surface area contributed by atoms with Crippen molar-refractivity contribution in [3.8, 4) is 0 Å². The number of likely N-dealkylation sites (tertiary alicyclic amines) is 1. The molecule has 2 aromatic rings. The van der Waals surface area contributed by atoms with E-state index in [-0.39, 0.29) is 11.8 Å². The number of benzene rings is 2. The van der Waals surface area contributed by atoms with Crippen molar-refractivity contribution in [3.05, 3.63) is 65.7 Å². The minimum Gasteiger partial charge on any atom is -0.368 e. The molecule has 5 heteroatoms. The lowest BCUT2D eigenvalue weighted by Gasteiger charge is -2.31. The van der Waals surface area contributed by atoms with Crippen molar-refractivity contribution < 1.29 is 9.59 Å². The van der Waals surface area contributed by atoms with Gasteiger partial charge in [-0.25, -0.2) is 0 Å². The van der Waals surface area contributed by atoms with E-state index < -0.39 is 5.54 Å². The van der Waals surface area contributed by atoms with Gasteiger partial charge in [0.1, 0.15) is 5.54 Å². The number of anilines is 1. The molecule has 1 atom stereocenters. The van der Waals surface area contributed by atoms with Crippen LogP contribution in [0.25, 0.3) is 0 Å². The predicted molar refractivity (Wildman–Crippen MR) is 107 cm³/mol. The van der Waals surface area contributed by atoms with E-state index in [1.165, 1.54) is 5.56 Å². The topological polar surface area (TPSA) is 61.4 Å². The molecule has 2 N–H and O–H groups in total. The molecule has 2 aromatic carbocycles. The molecule has 0 aliphatic carbocycles. The molecular formula is C22H27N3O2. The van der Waals surface area contributed by atoms with Gasteiger partial charge in [0.05, 0.1) is 0 Å². The molecular weight excluding hydrogens is 338 g/mol. The van der Waals surface area contributed by atoms with Gasteiger partial charge in [-0.15, -0.1) is 0 Å². The van der Waals surface area contributed by atoms with Crippen molar-refractivity contribution in [2.75, 3.05) is 25.0 Å². The highest BCUT2D eigenvalue weighted by molar-refractivity contribution is 5.90. The second-order valence-electron chi connectivity index (χ2n) is 7.22. The molecule has 0 unspecified atom stereocenters. The molecule has 1 heterocycles. The number of carbonyl (C=O) groups is 2. The maximum Gasteiger partial charge on any atom is 0.250 e. The molecule has 3 rings (SSSR count). The van der Waals surface area contributed by atoms with Crippen molar-refractivity contribution in [1.82, 2.24) is 10.2 Å². The first kappa shape index (κ1) is 19.0. The average Bonchev–Trinajstić information content (AvgIpc) is 3.09. The van der Waals surface area contributed by atoms with E-state index in [1.807, 2.05) is 73.3 Å². The highest BCUT2D eigenvalue weighted by Crippen LogP contribution is 2.26. The number of amides is 2. The Morgan fingerprint density at radius 2 is 1.81 bits per heavy atom. The van der Waals surface area contributed by atoms with Gasteiger partial charge in [-0.2, -0.15) is 0 Å². The lowest BCUT2D eigenvalue weighted by molar-refractivity contribution is -0.129. The van der Waals surface area contributed by atoms with Crippen LogP contribution in [0.1, 0.15) is 30.9 Å². The summed E-state index contributed by atoms with van der Waals surface area (Å²) in [6.07, 6.45) is 1.52. The molecule has 5 nitrogen and oxygen atoms in total. The van der Waals surface area contributed by atoms with E-state index in [2.05, 4.69) is 10.6 Å². The van der Waals surface area contributed by atoms with Crippen LogP contribution >= 0.6 is 0 Å². The first-order valence-corrected chi connectivity index (χ1v) is 9.45. The van der Waals surface area contributed by atoms with E-state index >= 15 is 0 Å². The summed E-state index contributed by atoms with van der Waals surface area (Å²) in [5.74, 6) is 0.0637. The van der Waals surface area contributed by atoms with Crippen LogP contribution in [-0.4, -0.2) is 36.3 Å². The molecule has 1 aliphatic rings. The molecule has 2 amide bonds. The zero-order chi connectivity index (χ0) is 19.3. The third-order valence-electron chi connectivity index (χ3n) is 5.09. The second-order valence-corrected chi connectivity index (χ2v) is 7.22. The highest BCUT2D eigenvalue weighted by atomic mass is 16.2. The van der Waals surface area contributed by atoms with Crippen molar-refractivity contribution in [2.45, 2.75) is 32.2 Å². The molecule has 0 bridgehead atoms. The Morgan fingerprint density at radius 1 is 1.11 bits per heavy atom. The summed E-state index contributed by atoms with van der Waals surface area (Å²) in [7, 11) is 0. The van der Waals surface area contributed by atoms with E-state index in [0.29, 0.717) is 19.5 Å². The first-order valence-electron chi connectivity index (χ1n) is 9.45. The van der Waals surface area contributed by atoms with E-state index in [9.17, 15) is 9.59 Å². The van der Waals surface area contributed by atoms with Gasteiger partial charge in [-0.05, 0) is 38.0 Å². The number of nitrogens with zero attached hydrogens (tertiary/aromatic N) is 1. The maximum absolute atomic E-state index is 13.1. The summed E-state index contributed by atoms with van der Waals surface area (Å²) < 4.78 is 0. The van der Waals surface area contributed by atoms with Gasteiger partial charge in [0, 0.05) is 31.7 Å². The Hall–Kier alpha value is -2.82. The largest absolute Gasteiger partial charge is 0.368 e. The zero-order valence-corrected chi connectivity index (χ0v) is 16.0. The van der Waals surface area contributed by atoms with Crippen LogP contribution in [0.15, 0.2) is 54.6 Å². The molecule has 27 heavy (non-hydrogen) atoms. The minimum atomic E-state index is -0.911. The second kappa shape index (κ2) is 8.25.